The summed E-state index contributed by atoms with van der Waals surface area (Å²) in [6, 6.07) is 0.324. The van der Waals surface area contributed by atoms with Gasteiger partial charge in [0.25, 0.3) is 0 Å². The second-order valence-electron chi connectivity index (χ2n) is 4.64. The molecule has 4 heteroatoms. The third kappa shape index (κ3) is 3.86. The van der Waals surface area contributed by atoms with Crippen molar-refractivity contribution in [3.8, 4) is 11.8 Å². The van der Waals surface area contributed by atoms with Gasteiger partial charge in [0.05, 0.1) is 5.69 Å². The van der Waals surface area contributed by atoms with Crippen molar-refractivity contribution in [2.75, 3.05) is 0 Å². The molecule has 0 fully saturated rings. The average Bonchev–Trinajstić information content (AvgIpc) is 2.59. The van der Waals surface area contributed by atoms with Crippen LogP contribution in [-0.2, 0) is 13.5 Å². The number of rotatable bonds is 6. The summed E-state index contributed by atoms with van der Waals surface area (Å²) in [7, 11) is 1.99. The van der Waals surface area contributed by atoms with Crippen LogP contribution in [0.1, 0.15) is 43.1 Å². The number of hydrogen-bond donors (Lipinski definition) is 2. The number of nitrogens with zero attached hydrogens (tertiary/aromatic N) is 2. The van der Waals surface area contributed by atoms with Gasteiger partial charge in [0, 0.05) is 25.2 Å². The molecule has 0 amide bonds. The van der Waals surface area contributed by atoms with Gasteiger partial charge in [-0.1, -0.05) is 0 Å². The molecule has 1 heterocycles. The molecule has 0 saturated heterocycles. The Morgan fingerprint density at radius 2 is 2.11 bits per heavy atom. The summed E-state index contributed by atoms with van der Waals surface area (Å²) >= 11 is 0. The van der Waals surface area contributed by atoms with E-state index in [1.165, 1.54) is 11.3 Å². The molecule has 0 bridgehead atoms. The molecule has 3 N–H and O–H groups in total. The molecule has 1 atom stereocenters. The number of aromatic nitrogens is 2. The largest absolute Gasteiger partial charge is 0.272 e. The molecule has 18 heavy (non-hydrogen) atoms. The number of aryl methyl sites for hydroxylation is 2. The fourth-order valence-electron chi connectivity index (χ4n) is 2.18. The van der Waals surface area contributed by atoms with Gasteiger partial charge in [-0.3, -0.25) is 16.0 Å². The standard InChI is InChI=1S/C14H24N4/c1-5-6-7-8-13(16-15)9-10-14-11(2)17-18(4)12(14)3/h13,16H,7-10,15H2,1-4H3. The minimum atomic E-state index is 0.324. The Bertz CT molecular complexity index is 437. The van der Waals surface area contributed by atoms with E-state index in [4.69, 9.17) is 5.84 Å². The van der Waals surface area contributed by atoms with Crippen LogP contribution >= 0.6 is 0 Å². The topological polar surface area (TPSA) is 55.9 Å². The Labute approximate surface area is 110 Å². The van der Waals surface area contributed by atoms with Gasteiger partial charge in [-0.15, -0.1) is 11.8 Å². The number of nitrogens with two attached hydrogens (primary N) is 1. The van der Waals surface area contributed by atoms with E-state index < -0.39 is 0 Å². The molecular weight excluding hydrogens is 224 g/mol. The van der Waals surface area contributed by atoms with E-state index in [0.717, 1.165) is 31.4 Å². The molecule has 4 nitrogen and oxygen atoms in total. The lowest BCUT2D eigenvalue weighted by Crippen LogP contribution is -2.35. The van der Waals surface area contributed by atoms with Gasteiger partial charge in [0.2, 0.25) is 0 Å². The number of hydrazine groups is 1. The van der Waals surface area contributed by atoms with Crippen molar-refractivity contribution in [1.82, 2.24) is 15.2 Å². The van der Waals surface area contributed by atoms with Gasteiger partial charge in [0.15, 0.2) is 0 Å². The van der Waals surface area contributed by atoms with Gasteiger partial charge in [-0.25, -0.2) is 0 Å². The molecule has 0 saturated carbocycles. The SMILES string of the molecule is CC#CCCC(CCc1c(C)nn(C)c1C)NN. The summed E-state index contributed by atoms with van der Waals surface area (Å²) in [6.45, 7) is 6.05. The molecule has 1 unspecified atom stereocenters. The zero-order valence-electron chi connectivity index (χ0n) is 11.9. The third-order valence-electron chi connectivity index (χ3n) is 3.43. The Hall–Kier alpha value is -1.31. The van der Waals surface area contributed by atoms with Gasteiger partial charge in [-0.05, 0) is 45.6 Å². The van der Waals surface area contributed by atoms with Gasteiger partial charge < -0.3 is 0 Å². The highest BCUT2D eigenvalue weighted by molar-refractivity contribution is 5.24. The molecule has 100 valence electrons. The first-order valence-electron chi connectivity index (χ1n) is 6.45. The average molecular weight is 248 g/mol. The maximum absolute atomic E-state index is 5.58. The molecule has 0 aliphatic rings. The van der Waals surface area contributed by atoms with Gasteiger partial charge in [0.1, 0.15) is 0 Å². The lowest BCUT2D eigenvalue weighted by Gasteiger charge is -2.14. The highest BCUT2D eigenvalue weighted by Crippen LogP contribution is 2.15. The fraction of sp³-hybridized carbons (Fsp3) is 0.643. The molecule has 1 rings (SSSR count). The van der Waals surface area contributed by atoms with E-state index in [0.29, 0.717) is 6.04 Å². The van der Waals surface area contributed by atoms with Crippen LogP contribution in [0, 0.1) is 25.7 Å². The molecule has 0 aliphatic heterocycles. The van der Waals surface area contributed by atoms with Crippen LogP contribution in [0.15, 0.2) is 0 Å². The first-order chi connectivity index (χ1) is 8.60. The monoisotopic (exact) mass is 248 g/mol. The van der Waals surface area contributed by atoms with Crippen LogP contribution in [0.5, 0.6) is 0 Å². The summed E-state index contributed by atoms with van der Waals surface area (Å²) in [5.41, 5.74) is 6.60. The molecule has 0 spiro atoms. The Kier molecular flexibility index (Phi) is 5.90. The Morgan fingerprint density at radius 1 is 1.39 bits per heavy atom. The quantitative estimate of drug-likeness (QED) is 0.457. The first-order valence-corrected chi connectivity index (χ1v) is 6.45. The van der Waals surface area contributed by atoms with E-state index >= 15 is 0 Å². The smallest absolute Gasteiger partial charge is 0.0628 e. The second kappa shape index (κ2) is 7.20. The van der Waals surface area contributed by atoms with E-state index in [9.17, 15) is 0 Å². The normalized spacial score (nSPS) is 12.1. The Morgan fingerprint density at radius 3 is 2.61 bits per heavy atom. The van der Waals surface area contributed by atoms with E-state index in [1.807, 2.05) is 18.7 Å². The van der Waals surface area contributed by atoms with Crippen LogP contribution in [0.4, 0.5) is 0 Å². The summed E-state index contributed by atoms with van der Waals surface area (Å²) < 4.78 is 1.94. The van der Waals surface area contributed by atoms with Crippen molar-refractivity contribution >= 4 is 0 Å². The maximum Gasteiger partial charge on any atom is 0.0628 e. The van der Waals surface area contributed by atoms with E-state index in [2.05, 4.69) is 36.2 Å². The minimum Gasteiger partial charge on any atom is -0.272 e. The molecule has 0 aromatic carbocycles. The van der Waals surface area contributed by atoms with Gasteiger partial charge in [-0.2, -0.15) is 5.10 Å². The zero-order chi connectivity index (χ0) is 13.5. The molecular formula is C14H24N4. The summed E-state index contributed by atoms with van der Waals surface area (Å²) in [6.07, 6.45) is 3.93. The molecule has 1 aromatic rings. The van der Waals surface area contributed by atoms with Crippen LogP contribution in [-0.4, -0.2) is 15.8 Å². The van der Waals surface area contributed by atoms with Crippen LogP contribution in [0.2, 0.25) is 0 Å². The highest BCUT2D eigenvalue weighted by atomic mass is 15.3. The van der Waals surface area contributed by atoms with Crippen molar-refractivity contribution in [2.45, 2.75) is 52.5 Å². The van der Waals surface area contributed by atoms with Crippen molar-refractivity contribution in [1.29, 1.82) is 0 Å². The van der Waals surface area contributed by atoms with Crippen molar-refractivity contribution < 1.29 is 0 Å². The van der Waals surface area contributed by atoms with E-state index in [-0.39, 0.29) is 0 Å². The van der Waals surface area contributed by atoms with Crippen molar-refractivity contribution in [3.63, 3.8) is 0 Å². The lowest BCUT2D eigenvalue weighted by atomic mass is 10.0. The zero-order valence-corrected chi connectivity index (χ0v) is 11.9. The summed E-state index contributed by atoms with van der Waals surface area (Å²) in [4.78, 5) is 0. The number of nitrogens with one attached hydrogen (secondary N) is 1. The third-order valence-corrected chi connectivity index (χ3v) is 3.43. The fourth-order valence-corrected chi connectivity index (χ4v) is 2.18. The predicted octanol–water partition coefficient (Wildman–Crippen LogP) is 1.60. The van der Waals surface area contributed by atoms with Crippen LogP contribution in [0.25, 0.3) is 0 Å². The minimum absolute atomic E-state index is 0.324. The number of hydrogen-bond acceptors (Lipinski definition) is 3. The first kappa shape index (κ1) is 14.7. The Balaban J connectivity index is 2.53. The molecule has 0 aliphatic carbocycles. The maximum atomic E-state index is 5.58. The van der Waals surface area contributed by atoms with Crippen molar-refractivity contribution in [3.05, 3.63) is 17.0 Å². The molecule has 0 radical (unpaired) electrons. The van der Waals surface area contributed by atoms with Gasteiger partial charge >= 0.3 is 0 Å². The van der Waals surface area contributed by atoms with Crippen molar-refractivity contribution in [2.24, 2.45) is 12.9 Å². The lowest BCUT2D eigenvalue weighted by molar-refractivity contribution is 0.469. The summed E-state index contributed by atoms with van der Waals surface area (Å²) in [5.74, 6) is 11.6. The second-order valence-corrected chi connectivity index (χ2v) is 4.64. The molecule has 1 aromatic heterocycles. The van der Waals surface area contributed by atoms with Crippen LogP contribution < -0.4 is 11.3 Å². The van der Waals surface area contributed by atoms with Crippen LogP contribution in [0.3, 0.4) is 0 Å². The summed E-state index contributed by atoms with van der Waals surface area (Å²) in [5, 5.41) is 4.43. The highest BCUT2D eigenvalue weighted by Gasteiger charge is 2.12. The van der Waals surface area contributed by atoms with E-state index in [1.54, 1.807) is 0 Å². The predicted molar refractivity (Wildman–Crippen MR) is 74.8 cm³/mol.